The molecule has 0 saturated heterocycles. The van der Waals surface area contributed by atoms with Gasteiger partial charge in [-0.2, -0.15) is 4.98 Å². The molecule has 6 nitrogen and oxygen atoms in total. The van der Waals surface area contributed by atoms with Gasteiger partial charge in [0.2, 0.25) is 11.7 Å². The third kappa shape index (κ3) is 1.61. The van der Waals surface area contributed by atoms with Crippen LogP contribution in [0.4, 0.5) is 0 Å². The summed E-state index contributed by atoms with van der Waals surface area (Å²) in [6.07, 6.45) is 2.14. The second-order valence-electron chi connectivity index (χ2n) is 4.89. The van der Waals surface area contributed by atoms with Crippen molar-refractivity contribution < 1.29 is 18.8 Å². The number of nitrogens with zero attached hydrogens (tertiary/aromatic N) is 2. The third-order valence-electron chi connectivity index (χ3n) is 3.59. The highest BCUT2D eigenvalue weighted by atomic mass is 16.5. The van der Waals surface area contributed by atoms with E-state index in [0.717, 1.165) is 16.5 Å². The van der Waals surface area contributed by atoms with Crippen LogP contribution in [0.3, 0.4) is 0 Å². The summed E-state index contributed by atoms with van der Waals surface area (Å²) in [5.74, 6) is -0.557. The van der Waals surface area contributed by atoms with Gasteiger partial charge in [0.1, 0.15) is 11.8 Å². The monoisotopic (exact) mass is 270 g/mol. The van der Waals surface area contributed by atoms with E-state index in [1.165, 1.54) is 0 Å². The molecular formula is C14H10N2O4. The summed E-state index contributed by atoms with van der Waals surface area (Å²) >= 11 is 0. The zero-order valence-corrected chi connectivity index (χ0v) is 10.3. The highest BCUT2D eigenvalue weighted by Crippen LogP contribution is 2.47. The van der Waals surface area contributed by atoms with E-state index in [-0.39, 0.29) is 5.92 Å². The van der Waals surface area contributed by atoms with E-state index >= 15 is 0 Å². The van der Waals surface area contributed by atoms with E-state index in [2.05, 4.69) is 10.1 Å². The van der Waals surface area contributed by atoms with Crippen molar-refractivity contribution in [1.82, 2.24) is 10.1 Å². The minimum atomic E-state index is -0.816. The van der Waals surface area contributed by atoms with Crippen LogP contribution in [0.5, 0.6) is 0 Å². The average molecular weight is 270 g/mol. The quantitative estimate of drug-likeness (QED) is 0.787. The van der Waals surface area contributed by atoms with Crippen LogP contribution in [0.1, 0.15) is 18.2 Å². The fourth-order valence-electron chi connectivity index (χ4n) is 2.39. The molecular weight excluding hydrogens is 260 g/mol. The number of carboxylic acids is 1. The standard InChI is InChI=1S/C14H10N2O4/c17-14(18)9-5-8(9)13-15-12(16-20-13)10-6-19-11-4-2-1-3-7(10)11/h1-4,6,8-9H,5H2,(H,17,18). The van der Waals surface area contributed by atoms with E-state index < -0.39 is 11.9 Å². The molecule has 1 saturated carbocycles. The van der Waals surface area contributed by atoms with Crippen LogP contribution in [0, 0.1) is 5.92 Å². The lowest BCUT2D eigenvalue weighted by Gasteiger charge is -1.89. The van der Waals surface area contributed by atoms with Crippen LogP contribution in [-0.2, 0) is 4.79 Å². The molecule has 2 heterocycles. The average Bonchev–Trinajstić information content (AvgIpc) is 2.93. The molecule has 3 aromatic rings. The van der Waals surface area contributed by atoms with Crippen molar-refractivity contribution in [2.24, 2.45) is 5.92 Å². The number of hydrogen-bond acceptors (Lipinski definition) is 5. The van der Waals surface area contributed by atoms with Gasteiger partial charge in [0.15, 0.2) is 0 Å². The summed E-state index contributed by atoms with van der Waals surface area (Å²) in [6.45, 7) is 0. The van der Waals surface area contributed by atoms with E-state index in [1.54, 1.807) is 6.26 Å². The van der Waals surface area contributed by atoms with Crippen molar-refractivity contribution in [1.29, 1.82) is 0 Å². The lowest BCUT2D eigenvalue weighted by atomic mass is 10.2. The van der Waals surface area contributed by atoms with Crippen LogP contribution in [0.25, 0.3) is 22.4 Å². The van der Waals surface area contributed by atoms with Gasteiger partial charge in [0.05, 0.1) is 17.4 Å². The van der Waals surface area contributed by atoms with Gasteiger partial charge in [-0.05, 0) is 12.5 Å². The van der Waals surface area contributed by atoms with Crippen LogP contribution in [0.15, 0.2) is 39.5 Å². The van der Waals surface area contributed by atoms with Crippen LogP contribution >= 0.6 is 0 Å². The second kappa shape index (κ2) is 3.93. The molecule has 2 atom stereocenters. The van der Waals surface area contributed by atoms with E-state index in [9.17, 15) is 4.79 Å². The molecule has 1 fully saturated rings. The first-order valence-corrected chi connectivity index (χ1v) is 6.27. The van der Waals surface area contributed by atoms with Gasteiger partial charge in [-0.25, -0.2) is 0 Å². The Morgan fingerprint density at radius 3 is 3.00 bits per heavy atom. The number of aromatic nitrogens is 2. The molecule has 0 amide bonds. The Labute approximate surface area is 113 Å². The number of aliphatic carboxylic acids is 1. The lowest BCUT2D eigenvalue weighted by Crippen LogP contribution is -1.98. The maximum atomic E-state index is 10.9. The van der Waals surface area contributed by atoms with Gasteiger partial charge in [-0.3, -0.25) is 4.79 Å². The Kier molecular flexibility index (Phi) is 2.20. The van der Waals surface area contributed by atoms with Crippen molar-refractivity contribution >= 4 is 16.9 Å². The number of benzene rings is 1. The van der Waals surface area contributed by atoms with Crippen LogP contribution in [-0.4, -0.2) is 21.2 Å². The first-order chi connectivity index (χ1) is 9.74. The van der Waals surface area contributed by atoms with Crippen molar-refractivity contribution in [2.45, 2.75) is 12.3 Å². The summed E-state index contributed by atoms with van der Waals surface area (Å²) in [5, 5.41) is 13.7. The van der Waals surface area contributed by atoms with Crippen molar-refractivity contribution in [3.8, 4) is 11.4 Å². The first kappa shape index (κ1) is 11.2. The highest BCUT2D eigenvalue weighted by Gasteiger charge is 2.48. The van der Waals surface area contributed by atoms with Crippen molar-refractivity contribution in [3.05, 3.63) is 36.4 Å². The summed E-state index contributed by atoms with van der Waals surface area (Å²) in [4.78, 5) is 15.1. The summed E-state index contributed by atoms with van der Waals surface area (Å²) in [5.41, 5.74) is 1.51. The predicted molar refractivity (Wildman–Crippen MR) is 68.0 cm³/mol. The Hall–Kier alpha value is -2.63. The second-order valence-corrected chi connectivity index (χ2v) is 4.89. The largest absolute Gasteiger partial charge is 0.481 e. The molecule has 0 spiro atoms. The van der Waals surface area contributed by atoms with Gasteiger partial charge in [-0.1, -0.05) is 23.4 Å². The van der Waals surface area contributed by atoms with Crippen molar-refractivity contribution in [3.63, 3.8) is 0 Å². The molecule has 1 aliphatic rings. The number of rotatable bonds is 3. The van der Waals surface area contributed by atoms with Gasteiger partial charge in [0.25, 0.3) is 0 Å². The zero-order valence-electron chi connectivity index (χ0n) is 10.3. The van der Waals surface area contributed by atoms with Gasteiger partial charge < -0.3 is 14.0 Å². The highest BCUT2D eigenvalue weighted by molar-refractivity contribution is 5.91. The van der Waals surface area contributed by atoms with E-state index in [4.69, 9.17) is 14.0 Å². The molecule has 2 unspecified atom stereocenters. The maximum absolute atomic E-state index is 10.9. The zero-order chi connectivity index (χ0) is 13.7. The Morgan fingerprint density at radius 1 is 1.35 bits per heavy atom. The fraction of sp³-hybridized carbons (Fsp3) is 0.214. The maximum Gasteiger partial charge on any atom is 0.307 e. The molecule has 0 radical (unpaired) electrons. The molecule has 4 rings (SSSR count). The normalized spacial score (nSPS) is 21.2. The number of fused-ring (bicyclic) bond motifs is 1. The molecule has 2 aromatic heterocycles. The Balaban J connectivity index is 1.70. The molecule has 6 heteroatoms. The molecule has 1 aliphatic carbocycles. The molecule has 1 aromatic carbocycles. The summed E-state index contributed by atoms with van der Waals surface area (Å²) in [7, 11) is 0. The summed E-state index contributed by atoms with van der Waals surface area (Å²) < 4.78 is 10.6. The predicted octanol–water partition coefficient (Wildman–Crippen LogP) is 2.67. The molecule has 100 valence electrons. The number of furan rings is 1. The third-order valence-corrected chi connectivity index (χ3v) is 3.59. The number of para-hydroxylation sites is 1. The molecule has 0 bridgehead atoms. The Bertz CT molecular complexity index is 804. The van der Waals surface area contributed by atoms with Gasteiger partial charge in [0, 0.05) is 5.39 Å². The number of carbonyl (C=O) groups is 1. The molecule has 20 heavy (non-hydrogen) atoms. The van der Waals surface area contributed by atoms with E-state index in [0.29, 0.717) is 18.1 Å². The number of hydrogen-bond donors (Lipinski definition) is 1. The summed E-state index contributed by atoms with van der Waals surface area (Å²) in [6, 6.07) is 7.57. The fourth-order valence-corrected chi connectivity index (χ4v) is 2.39. The minimum Gasteiger partial charge on any atom is -0.481 e. The van der Waals surface area contributed by atoms with Crippen molar-refractivity contribution in [2.75, 3.05) is 0 Å². The number of carboxylic acid groups (broad SMARTS) is 1. The smallest absolute Gasteiger partial charge is 0.307 e. The molecule has 1 N–H and O–H groups in total. The van der Waals surface area contributed by atoms with Gasteiger partial charge >= 0.3 is 5.97 Å². The van der Waals surface area contributed by atoms with Gasteiger partial charge in [-0.15, -0.1) is 0 Å². The SMILES string of the molecule is O=C(O)C1CC1c1nc(-c2coc3ccccc23)no1. The Morgan fingerprint density at radius 2 is 2.20 bits per heavy atom. The van der Waals surface area contributed by atoms with E-state index in [1.807, 2.05) is 24.3 Å². The molecule has 0 aliphatic heterocycles. The topological polar surface area (TPSA) is 89.4 Å². The van der Waals surface area contributed by atoms with Crippen LogP contribution in [0.2, 0.25) is 0 Å². The first-order valence-electron chi connectivity index (χ1n) is 6.27. The van der Waals surface area contributed by atoms with Crippen LogP contribution < -0.4 is 0 Å². The minimum absolute atomic E-state index is 0.160. The lowest BCUT2D eigenvalue weighted by molar-refractivity contribution is -0.138.